The molecule has 8 nitrogen and oxygen atoms in total. The third-order valence-electron chi connectivity index (χ3n) is 6.68. The topological polar surface area (TPSA) is 101 Å². The summed E-state index contributed by atoms with van der Waals surface area (Å²) in [5, 5.41) is 12.5. The summed E-state index contributed by atoms with van der Waals surface area (Å²) < 4.78 is 16.2. The van der Waals surface area contributed by atoms with E-state index in [1.807, 2.05) is 31.2 Å². The van der Waals surface area contributed by atoms with Gasteiger partial charge in [0.25, 0.3) is 11.7 Å². The highest BCUT2D eigenvalue weighted by Crippen LogP contribution is 2.47. The number of aliphatic hydroxyl groups excluding tert-OH is 1. The zero-order valence-corrected chi connectivity index (χ0v) is 20.9. The fourth-order valence-corrected chi connectivity index (χ4v) is 4.98. The molecule has 2 heterocycles. The molecule has 1 amide bonds. The van der Waals surface area contributed by atoms with Gasteiger partial charge in [-0.1, -0.05) is 24.3 Å². The quantitative estimate of drug-likeness (QED) is 0.217. The molecule has 1 aliphatic rings. The van der Waals surface area contributed by atoms with Gasteiger partial charge in [-0.2, -0.15) is 0 Å². The highest BCUT2D eigenvalue weighted by molar-refractivity contribution is 6.52. The zero-order valence-electron chi connectivity index (χ0n) is 20.9. The molecule has 1 aliphatic heterocycles. The average Bonchev–Trinajstić information content (AvgIpc) is 3.39. The maximum absolute atomic E-state index is 13.7. The Kier molecular flexibility index (Phi) is 6.09. The van der Waals surface area contributed by atoms with Crippen LogP contribution < -0.4 is 19.1 Å². The number of amides is 1. The molecule has 1 saturated heterocycles. The van der Waals surface area contributed by atoms with Crippen LogP contribution in [0.2, 0.25) is 0 Å². The lowest BCUT2D eigenvalue weighted by atomic mass is 9.92. The molecular formula is C29H26N2O6. The van der Waals surface area contributed by atoms with Crippen LogP contribution in [-0.4, -0.2) is 43.1 Å². The van der Waals surface area contributed by atoms with E-state index in [0.29, 0.717) is 28.5 Å². The largest absolute Gasteiger partial charge is 0.506 e. The predicted octanol–water partition coefficient (Wildman–Crippen LogP) is 5.13. The molecule has 3 aromatic carbocycles. The lowest BCUT2D eigenvalue weighted by Crippen LogP contribution is -2.29. The molecule has 1 aromatic heterocycles. The number of ether oxygens (including phenoxy) is 3. The Morgan fingerprint density at radius 3 is 2.14 bits per heavy atom. The molecule has 0 spiro atoms. The number of H-pyrrole nitrogens is 1. The van der Waals surface area contributed by atoms with Crippen LogP contribution in [0.5, 0.6) is 17.2 Å². The SMILES string of the molecule is COc1ccc(N2C(=O)C(=O)/C(=C(/O)c3c(OC)cccc3OC)C2c2c(C)[nH]c3ccccc23)cc1. The van der Waals surface area contributed by atoms with Crippen molar-refractivity contribution in [3.63, 3.8) is 0 Å². The summed E-state index contributed by atoms with van der Waals surface area (Å²) in [6.45, 7) is 1.88. The van der Waals surface area contributed by atoms with E-state index in [2.05, 4.69) is 4.98 Å². The van der Waals surface area contributed by atoms with Gasteiger partial charge in [0.2, 0.25) is 0 Å². The standard InChI is InChI=1S/C29H26N2O6/c1-16-23(19-8-5-6-9-20(19)30-16)26-25(27(32)24-21(36-3)10-7-11-22(24)37-4)28(33)29(34)31(26)17-12-14-18(35-2)15-13-17/h5-15,26,30,32H,1-4H3/b27-25+. The summed E-state index contributed by atoms with van der Waals surface area (Å²) in [7, 11) is 4.47. The van der Waals surface area contributed by atoms with Crippen LogP contribution in [0.15, 0.2) is 72.3 Å². The first-order valence-corrected chi connectivity index (χ1v) is 11.6. The number of carbonyl (C=O) groups excluding carboxylic acids is 2. The number of aromatic nitrogens is 1. The molecule has 8 heteroatoms. The van der Waals surface area contributed by atoms with E-state index in [1.165, 1.54) is 19.1 Å². The molecular weight excluding hydrogens is 472 g/mol. The van der Waals surface area contributed by atoms with E-state index in [1.54, 1.807) is 49.6 Å². The summed E-state index contributed by atoms with van der Waals surface area (Å²) >= 11 is 0. The van der Waals surface area contributed by atoms with Crippen molar-refractivity contribution in [2.45, 2.75) is 13.0 Å². The molecule has 4 aromatic rings. The summed E-state index contributed by atoms with van der Waals surface area (Å²) in [6.07, 6.45) is 0. The fraction of sp³-hybridized carbons (Fsp3) is 0.172. The van der Waals surface area contributed by atoms with Crippen molar-refractivity contribution in [2.75, 3.05) is 26.2 Å². The number of fused-ring (bicyclic) bond motifs is 1. The van der Waals surface area contributed by atoms with Gasteiger partial charge in [0.15, 0.2) is 0 Å². The lowest BCUT2D eigenvalue weighted by Gasteiger charge is -2.26. The highest BCUT2D eigenvalue weighted by atomic mass is 16.5. The van der Waals surface area contributed by atoms with Crippen molar-refractivity contribution in [2.24, 2.45) is 0 Å². The number of aromatic amines is 1. The lowest BCUT2D eigenvalue weighted by molar-refractivity contribution is -0.132. The third-order valence-corrected chi connectivity index (χ3v) is 6.68. The smallest absolute Gasteiger partial charge is 0.300 e. The minimum atomic E-state index is -0.917. The number of carbonyl (C=O) groups is 2. The monoisotopic (exact) mass is 498 g/mol. The van der Waals surface area contributed by atoms with E-state index >= 15 is 0 Å². The number of nitrogens with one attached hydrogen (secondary N) is 1. The molecule has 0 radical (unpaired) electrons. The number of anilines is 1. The van der Waals surface area contributed by atoms with Crippen LogP contribution in [-0.2, 0) is 9.59 Å². The number of nitrogens with zero attached hydrogens (tertiary/aromatic N) is 1. The summed E-state index contributed by atoms with van der Waals surface area (Å²) in [4.78, 5) is 32.0. The van der Waals surface area contributed by atoms with Crippen molar-refractivity contribution in [1.82, 2.24) is 4.98 Å². The van der Waals surface area contributed by atoms with Crippen LogP contribution >= 0.6 is 0 Å². The number of aryl methyl sites for hydroxylation is 1. The van der Waals surface area contributed by atoms with Gasteiger partial charge in [0.05, 0.1) is 32.9 Å². The van der Waals surface area contributed by atoms with Gasteiger partial charge in [-0.3, -0.25) is 14.5 Å². The molecule has 1 fully saturated rings. The van der Waals surface area contributed by atoms with Gasteiger partial charge in [0.1, 0.15) is 28.6 Å². The van der Waals surface area contributed by atoms with Crippen molar-refractivity contribution in [1.29, 1.82) is 0 Å². The van der Waals surface area contributed by atoms with Gasteiger partial charge < -0.3 is 24.3 Å². The van der Waals surface area contributed by atoms with Crippen LogP contribution in [0.25, 0.3) is 16.7 Å². The maximum atomic E-state index is 13.7. The first kappa shape index (κ1) is 24.0. The molecule has 0 aliphatic carbocycles. The Hall–Kier alpha value is -4.72. The molecule has 0 saturated carbocycles. The van der Waals surface area contributed by atoms with Crippen molar-refractivity contribution < 1.29 is 28.9 Å². The number of hydrogen-bond acceptors (Lipinski definition) is 6. The number of Topliss-reactive ketones (excluding diaryl/α,β-unsaturated/α-hetero) is 1. The highest BCUT2D eigenvalue weighted by Gasteiger charge is 2.48. The van der Waals surface area contributed by atoms with E-state index in [4.69, 9.17) is 14.2 Å². The van der Waals surface area contributed by atoms with E-state index in [-0.39, 0.29) is 16.9 Å². The molecule has 1 atom stereocenters. The number of hydrogen-bond donors (Lipinski definition) is 2. The number of methoxy groups -OCH3 is 3. The summed E-state index contributed by atoms with van der Waals surface area (Å²) in [5.41, 5.74) is 2.96. The minimum Gasteiger partial charge on any atom is -0.506 e. The molecule has 188 valence electrons. The predicted molar refractivity (Wildman–Crippen MR) is 140 cm³/mol. The fourth-order valence-electron chi connectivity index (χ4n) is 4.98. The molecule has 0 bridgehead atoms. The Morgan fingerprint density at radius 1 is 0.865 bits per heavy atom. The first-order chi connectivity index (χ1) is 17.9. The molecule has 5 rings (SSSR count). The minimum absolute atomic E-state index is 0.0588. The van der Waals surface area contributed by atoms with Gasteiger partial charge in [-0.05, 0) is 49.4 Å². The Morgan fingerprint density at radius 2 is 1.51 bits per heavy atom. The van der Waals surface area contributed by atoms with E-state index < -0.39 is 17.7 Å². The molecule has 37 heavy (non-hydrogen) atoms. The number of aliphatic hydroxyl groups is 1. The van der Waals surface area contributed by atoms with Gasteiger partial charge in [-0.25, -0.2) is 0 Å². The second-order valence-electron chi connectivity index (χ2n) is 8.61. The van der Waals surface area contributed by atoms with Crippen LogP contribution in [0.3, 0.4) is 0 Å². The van der Waals surface area contributed by atoms with Crippen molar-refractivity contribution >= 4 is 34.0 Å². The number of rotatable bonds is 6. The molecule has 2 N–H and O–H groups in total. The van der Waals surface area contributed by atoms with Crippen LogP contribution in [0.1, 0.15) is 22.9 Å². The Bertz CT molecular complexity index is 1530. The second-order valence-corrected chi connectivity index (χ2v) is 8.61. The Labute approximate surface area is 213 Å². The van der Waals surface area contributed by atoms with Crippen molar-refractivity contribution in [3.05, 3.63) is 89.1 Å². The summed E-state index contributed by atoms with van der Waals surface area (Å²) in [5.74, 6) is -0.715. The van der Waals surface area contributed by atoms with Gasteiger partial charge in [0, 0.05) is 27.8 Å². The summed E-state index contributed by atoms with van der Waals surface area (Å²) in [6, 6.07) is 18.6. The zero-order chi connectivity index (χ0) is 26.3. The average molecular weight is 499 g/mol. The maximum Gasteiger partial charge on any atom is 0.300 e. The normalized spacial score (nSPS) is 16.9. The van der Waals surface area contributed by atoms with Crippen LogP contribution in [0, 0.1) is 6.92 Å². The van der Waals surface area contributed by atoms with Crippen molar-refractivity contribution in [3.8, 4) is 17.2 Å². The first-order valence-electron chi connectivity index (χ1n) is 11.6. The Balaban J connectivity index is 1.84. The van der Waals surface area contributed by atoms with E-state index in [0.717, 1.165) is 16.6 Å². The molecule has 1 unspecified atom stereocenters. The third kappa shape index (κ3) is 3.78. The van der Waals surface area contributed by atoms with Gasteiger partial charge >= 0.3 is 0 Å². The van der Waals surface area contributed by atoms with E-state index in [9.17, 15) is 14.7 Å². The number of ketones is 1. The second kappa shape index (κ2) is 9.39. The number of benzene rings is 3. The van der Waals surface area contributed by atoms with Crippen LogP contribution in [0.4, 0.5) is 5.69 Å². The van der Waals surface area contributed by atoms with Gasteiger partial charge in [-0.15, -0.1) is 0 Å². The number of para-hydroxylation sites is 1.